The van der Waals surface area contributed by atoms with E-state index in [-0.39, 0.29) is 6.54 Å². The van der Waals surface area contributed by atoms with Crippen LogP contribution in [0.4, 0.5) is 4.79 Å². The molecule has 0 aliphatic carbocycles. The lowest BCUT2D eigenvalue weighted by atomic mass is 10.1. The summed E-state index contributed by atoms with van der Waals surface area (Å²) in [6, 6.07) is -2.20. The molecule has 0 aromatic carbocycles. The first-order valence-corrected chi connectivity index (χ1v) is 6.44. The Bertz CT molecular complexity index is 596. The van der Waals surface area contributed by atoms with Crippen LogP contribution in [0.1, 0.15) is 13.8 Å². The van der Waals surface area contributed by atoms with E-state index in [0.29, 0.717) is 5.57 Å². The Balaban J connectivity index is 2.34. The zero-order chi connectivity index (χ0) is 15.6. The van der Waals surface area contributed by atoms with Gasteiger partial charge in [0, 0.05) is 12.1 Å². The Morgan fingerprint density at radius 2 is 1.71 bits per heavy atom. The second-order valence-corrected chi connectivity index (χ2v) is 4.56. The highest BCUT2D eigenvalue weighted by atomic mass is 16.2. The highest BCUT2D eigenvalue weighted by Gasteiger charge is 2.45. The molecule has 0 aromatic heterocycles. The van der Waals surface area contributed by atoms with E-state index in [1.807, 2.05) is 17.6 Å². The third kappa shape index (κ3) is 2.62. The van der Waals surface area contributed by atoms with Crippen molar-refractivity contribution in [1.82, 2.24) is 15.5 Å². The van der Waals surface area contributed by atoms with Crippen LogP contribution >= 0.6 is 0 Å². The highest BCUT2D eigenvalue weighted by Crippen LogP contribution is 2.26. The van der Waals surface area contributed by atoms with Gasteiger partial charge in [-0.05, 0) is 25.5 Å². The standard InChI is InChI=1S/C14H15N3O4/c1-3-5-6-9-8(4-2)7-17(13(9)20)10-11(18)15-14(21)16-12(10)19/h3-6,10H,7H2,1-2H3,(H2,15,16,18,19,21)/b5-3-,8-4-,9-6+. The lowest BCUT2D eigenvalue weighted by molar-refractivity contribution is -0.144. The first-order valence-electron chi connectivity index (χ1n) is 6.44. The molecule has 2 fully saturated rings. The minimum atomic E-state index is -1.33. The average molecular weight is 289 g/mol. The van der Waals surface area contributed by atoms with Crippen molar-refractivity contribution in [2.24, 2.45) is 0 Å². The quantitative estimate of drug-likeness (QED) is 0.553. The van der Waals surface area contributed by atoms with Crippen LogP contribution in [0, 0.1) is 0 Å². The maximum Gasteiger partial charge on any atom is 0.328 e. The van der Waals surface area contributed by atoms with Gasteiger partial charge in [-0.25, -0.2) is 4.79 Å². The minimum absolute atomic E-state index is 0.151. The summed E-state index contributed by atoms with van der Waals surface area (Å²) in [5, 5.41) is 3.98. The number of imide groups is 2. The number of hydrogen-bond donors (Lipinski definition) is 2. The molecule has 0 atom stereocenters. The van der Waals surface area contributed by atoms with Gasteiger partial charge in [0.2, 0.25) is 0 Å². The van der Waals surface area contributed by atoms with Crippen LogP contribution in [0.5, 0.6) is 0 Å². The Labute approximate surface area is 121 Å². The molecule has 0 aromatic rings. The predicted molar refractivity (Wildman–Crippen MR) is 73.8 cm³/mol. The number of likely N-dealkylation sites (tertiary alicyclic amines) is 1. The molecule has 0 bridgehead atoms. The summed E-state index contributed by atoms with van der Waals surface area (Å²) >= 11 is 0. The molecule has 2 aliphatic heterocycles. The minimum Gasteiger partial charge on any atom is -0.314 e. The second-order valence-electron chi connectivity index (χ2n) is 4.56. The van der Waals surface area contributed by atoms with Gasteiger partial charge in [0.05, 0.1) is 0 Å². The van der Waals surface area contributed by atoms with Crippen molar-refractivity contribution in [3.8, 4) is 0 Å². The molecule has 2 N–H and O–H groups in total. The van der Waals surface area contributed by atoms with E-state index in [1.54, 1.807) is 31.2 Å². The number of nitrogens with zero attached hydrogens (tertiary/aromatic N) is 1. The van der Waals surface area contributed by atoms with Crippen molar-refractivity contribution < 1.29 is 19.2 Å². The maximum absolute atomic E-state index is 12.4. The van der Waals surface area contributed by atoms with E-state index < -0.39 is 29.8 Å². The molecule has 5 amide bonds. The summed E-state index contributed by atoms with van der Waals surface area (Å²) in [4.78, 5) is 48.2. The van der Waals surface area contributed by atoms with Gasteiger partial charge in [-0.2, -0.15) is 0 Å². The Kier molecular flexibility index (Phi) is 4.02. The Hall–Kier alpha value is -2.70. The van der Waals surface area contributed by atoms with Gasteiger partial charge in [-0.3, -0.25) is 25.0 Å². The van der Waals surface area contributed by atoms with Gasteiger partial charge < -0.3 is 4.90 Å². The largest absolute Gasteiger partial charge is 0.328 e. The van der Waals surface area contributed by atoms with Crippen molar-refractivity contribution in [3.05, 3.63) is 35.5 Å². The lowest BCUT2D eigenvalue weighted by Gasteiger charge is -2.27. The monoisotopic (exact) mass is 289 g/mol. The molecule has 21 heavy (non-hydrogen) atoms. The molecular formula is C14H15N3O4. The maximum atomic E-state index is 12.4. The molecule has 2 aliphatic rings. The topological polar surface area (TPSA) is 95.6 Å². The van der Waals surface area contributed by atoms with Gasteiger partial charge in [0.15, 0.2) is 6.04 Å². The van der Waals surface area contributed by atoms with Crippen LogP contribution in [-0.2, 0) is 14.4 Å². The fourth-order valence-corrected chi connectivity index (χ4v) is 2.25. The van der Waals surface area contributed by atoms with Gasteiger partial charge in [-0.15, -0.1) is 0 Å². The molecule has 7 nitrogen and oxygen atoms in total. The summed E-state index contributed by atoms with van der Waals surface area (Å²) in [6.07, 6.45) is 6.89. The number of nitrogens with one attached hydrogen (secondary N) is 2. The van der Waals surface area contributed by atoms with Crippen molar-refractivity contribution in [3.63, 3.8) is 0 Å². The molecule has 2 saturated heterocycles. The number of carbonyl (C=O) groups excluding carboxylic acids is 4. The fraction of sp³-hybridized carbons (Fsp3) is 0.286. The Morgan fingerprint density at radius 1 is 1.10 bits per heavy atom. The van der Waals surface area contributed by atoms with Gasteiger partial charge >= 0.3 is 6.03 Å². The molecule has 7 heteroatoms. The number of hydrogen-bond acceptors (Lipinski definition) is 4. The summed E-state index contributed by atoms with van der Waals surface area (Å²) < 4.78 is 0. The number of barbiturate groups is 1. The molecule has 2 rings (SSSR count). The van der Waals surface area contributed by atoms with Crippen LogP contribution in [-0.4, -0.2) is 41.2 Å². The van der Waals surface area contributed by atoms with Gasteiger partial charge in [0.25, 0.3) is 17.7 Å². The third-order valence-corrected chi connectivity index (χ3v) is 3.26. The van der Waals surface area contributed by atoms with E-state index in [4.69, 9.17) is 0 Å². The summed E-state index contributed by atoms with van der Waals surface area (Å²) in [7, 11) is 0. The van der Waals surface area contributed by atoms with Crippen LogP contribution in [0.3, 0.4) is 0 Å². The first-order chi connectivity index (χ1) is 9.99. The number of rotatable bonds is 2. The van der Waals surface area contributed by atoms with Crippen molar-refractivity contribution in [2.75, 3.05) is 6.54 Å². The normalized spacial score (nSPS) is 24.4. The molecule has 110 valence electrons. The van der Waals surface area contributed by atoms with E-state index in [9.17, 15) is 19.2 Å². The highest BCUT2D eigenvalue weighted by molar-refractivity contribution is 6.21. The summed E-state index contributed by atoms with van der Waals surface area (Å²) in [5.41, 5.74) is 1.17. The van der Waals surface area contributed by atoms with E-state index in [1.165, 1.54) is 0 Å². The summed E-state index contributed by atoms with van der Waals surface area (Å²) in [6.45, 7) is 3.75. The van der Waals surface area contributed by atoms with Crippen molar-refractivity contribution >= 4 is 23.8 Å². The number of allylic oxidation sites excluding steroid dienone is 4. The van der Waals surface area contributed by atoms with Crippen molar-refractivity contribution in [1.29, 1.82) is 0 Å². The van der Waals surface area contributed by atoms with E-state index in [2.05, 4.69) is 0 Å². The zero-order valence-corrected chi connectivity index (χ0v) is 11.7. The first kappa shape index (κ1) is 14.7. The van der Waals surface area contributed by atoms with Crippen molar-refractivity contribution in [2.45, 2.75) is 19.9 Å². The molecule has 0 saturated carbocycles. The van der Waals surface area contributed by atoms with E-state index in [0.717, 1.165) is 10.5 Å². The zero-order valence-electron chi connectivity index (χ0n) is 11.7. The number of carbonyl (C=O) groups is 4. The smallest absolute Gasteiger partial charge is 0.314 e. The molecule has 0 radical (unpaired) electrons. The predicted octanol–water partition coefficient (Wildman–Crippen LogP) is 0.0120. The summed E-state index contributed by atoms with van der Waals surface area (Å²) in [5.74, 6) is -1.99. The van der Waals surface area contributed by atoms with Crippen LogP contribution in [0.25, 0.3) is 0 Å². The van der Waals surface area contributed by atoms with E-state index >= 15 is 0 Å². The van der Waals surface area contributed by atoms with Gasteiger partial charge in [0.1, 0.15) is 0 Å². The molecular weight excluding hydrogens is 274 g/mol. The lowest BCUT2D eigenvalue weighted by Crippen LogP contribution is -2.64. The number of urea groups is 1. The van der Waals surface area contributed by atoms with Crippen LogP contribution in [0.15, 0.2) is 35.5 Å². The van der Waals surface area contributed by atoms with Crippen LogP contribution in [0.2, 0.25) is 0 Å². The molecule has 0 unspecified atom stereocenters. The number of amides is 5. The van der Waals surface area contributed by atoms with Gasteiger partial charge in [-0.1, -0.05) is 18.2 Å². The SMILES string of the molecule is C\C=C/C=C1/C(=O)N(C2C(=O)NC(=O)NC2=O)C/C1=C/C. The third-order valence-electron chi connectivity index (χ3n) is 3.26. The van der Waals surface area contributed by atoms with Crippen LogP contribution < -0.4 is 10.6 Å². The molecule has 0 spiro atoms. The molecule has 2 heterocycles. The average Bonchev–Trinajstić information content (AvgIpc) is 2.72. The second kappa shape index (κ2) is 5.74. The fourth-order valence-electron chi connectivity index (χ4n) is 2.25. The Morgan fingerprint density at radius 3 is 2.24 bits per heavy atom.